The van der Waals surface area contributed by atoms with Gasteiger partial charge in [0.2, 0.25) is 12.7 Å². The molecule has 0 atom stereocenters. The molecule has 2 aromatic rings. The molecule has 0 unspecified atom stereocenters. The van der Waals surface area contributed by atoms with E-state index in [2.05, 4.69) is 27.0 Å². The predicted octanol–water partition coefficient (Wildman–Crippen LogP) is 3.87. The van der Waals surface area contributed by atoms with Crippen molar-refractivity contribution in [3.63, 3.8) is 0 Å². The van der Waals surface area contributed by atoms with Crippen LogP contribution in [-0.4, -0.2) is 38.8 Å². The lowest BCUT2D eigenvalue weighted by Crippen LogP contribution is -2.60. The first-order valence-corrected chi connectivity index (χ1v) is 12.4. The summed E-state index contributed by atoms with van der Waals surface area (Å²) in [5.74, 6) is 5.24. The number of nitrogens with one attached hydrogen (secondary N) is 1. The maximum atomic E-state index is 12.9. The number of nitrogens with zero attached hydrogens (tertiary/aromatic N) is 3. The van der Waals surface area contributed by atoms with Gasteiger partial charge in [0, 0.05) is 17.6 Å². The molecule has 31 heavy (non-hydrogen) atoms. The van der Waals surface area contributed by atoms with Gasteiger partial charge in [-0.25, -0.2) is 0 Å². The van der Waals surface area contributed by atoms with E-state index in [1.807, 2.05) is 18.2 Å². The zero-order valence-corrected chi connectivity index (χ0v) is 18.6. The van der Waals surface area contributed by atoms with E-state index in [-0.39, 0.29) is 18.2 Å². The van der Waals surface area contributed by atoms with Gasteiger partial charge in [0.25, 0.3) is 0 Å². The highest BCUT2D eigenvalue weighted by Gasteiger charge is 2.51. The normalized spacial score (nSPS) is 30.0. The van der Waals surface area contributed by atoms with Crippen molar-refractivity contribution in [2.24, 2.45) is 17.8 Å². The molecule has 4 saturated carbocycles. The van der Waals surface area contributed by atoms with Gasteiger partial charge < -0.3 is 19.4 Å². The quantitative estimate of drug-likeness (QED) is 0.687. The van der Waals surface area contributed by atoms with Crippen LogP contribution in [0.2, 0.25) is 0 Å². The molecule has 4 bridgehead atoms. The van der Waals surface area contributed by atoms with E-state index in [1.54, 1.807) is 0 Å². The molecular formula is C23H28N4O3S. The van der Waals surface area contributed by atoms with Crippen LogP contribution in [0.15, 0.2) is 23.4 Å². The fourth-order valence-corrected chi connectivity index (χ4v) is 7.46. The lowest BCUT2D eigenvalue weighted by atomic mass is 9.53. The molecule has 0 radical (unpaired) electrons. The lowest BCUT2D eigenvalue weighted by molar-refractivity contribution is -0.124. The van der Waals surface area contributed by atoms with Gasteiger partial charge >= 0.3 is 0 Å². The number of amides is 1. The Morgan fingerprint density at radius 3 is 2.55 bits per heavy atom. The summed E-state index contributed by atoms with van der Waals surface area (Å²) < 4.78 is 13.0. The Morgan fingerprint density at radius 2 is 1.84 bits per heavy atom. The molecule has 8 heteroatoms. The maximum Gasteiger partial charge on any atom is 0.231 e. The third kappa shape index (κ3) is 3.49. The lowest BCUT2D eigenvalue weighted by Gasteiger charge is -2.56. The largest absolute Gasteiger partial charge is 0.454 e. The molecule has 1 aliphatic heterocycles. The molecule has 4 aliphatic carbocycles. The number of carbonyl (C=O) groups is 1. The van der Waals surface area contributed by atoms with E-state index < -0.39 is 0 Å². The fourth-order valence-electron chi connectivity index (χ4n) is 6.66. The van der Waals surface area contributed by atoms with Crippen molar-refractivity contribution < 1.29 is 14.3 Å². The molecule has 5 aliphatic rings. The summed E-state index contributed by atoms with van der Waals surface area (Å²) in [5, 5.41) is 13.0. The van der Waals surface area contributed by atoms with E-state index in [4.69, 9.17) is 9.47 Å². The predicted molar refractivity (Wildman–Crippen MR) is 117 cm³/mol. The first-order chi connectivity index (χ1) is 15.1. The van der Waals surface area contributed by atoms with Gasteiger partial charge in [0.05, 0.1) is 5.75 Å². The number of rotatable bonds is 6. The Kier molecular flexibility index (Phi) is 4.67. The zero-order chi connectivity index (χ0) is 21.0. The molecule has 7 rings (SSSR count). The van der Waals surface area contributed by atoms with E-state index in [9.17, 15) is 4.79 Å². The minimum Gasteiger partial charge on any atom is -0.454 e. The van der Waals surface area contributed by atoms with Crippen molar-refractivity contribution >= 4 is 17.7 Å². The molecule has 1 amide bonds. The number of carbonyl (C=O) groups excluding carboxylic acids is 1. The smallest absolute Gasteiger partial charge is 0.231 e. The second kappa shape index (κ2) is 7.43. The topological polar surface area (TPSA) is 78.3 Å². The van der Waals surface area contributed by atoms with Crippen LogP contribution in [0.1, 0.15) is 45.4 Å². The average molecular weight is 441 g/mol. The Balaban J connectivity index is 1.14. The van der Waals surface area contributed by atoms with Gasteiger partial charge in [-0.1, -0.05) is 11.8 Å². The SMILES string of the molecule is CCn1c(SCC(=O)NC23CC4CC(CC(C4)C2)C3)nnc1-c1ccc2c(c1)OCO2. The second-order valence-electron chi connectivity index (χ2n) is 9.65. The summed E-state index contributed by atoms with van der Waals surface area (Å²) in [6.07, 6.45) is 7.67. The minimum atomic E-state index is 0.0580. The van der Waals surface area contributed by atoms with Crippen molar-refractivity contribution in [2.75, 3.05) is 12.5 Å². The standard InChI is InChI=1S/C23H28N4O3S/c1-2-27-21(17-3-4-18-19(8-17)30-13-29-18)25-26-22(27)31-12-20(28)24-23-9-14-5-15(10-23)7-16(6-14)11-23/h3-4,8,14-16H,2,5-7,9-13H2,1H3,(H,24,28). The molecule has 164 valence electrons. The maximum absolute atomic E-state index is 12.9. The molecule has 0 saturated heterocycles. The number of ether oxygens (including phenoxy) is 2. The van der Waals surface area contributed by atoms with Crippen LogP contribution in [0.4, 0.5) is 0 Å². The third-order valence-corrected chi connectivity index (χ3v) is 8.41. The monoisotopic (exact) mass is 440 g/mol. The zero-order valence-electron chi connectivity index (χ0n) is 17.8. The molecule has 4 fully saturated rings. The van der Waals surface area contributed by atoms with Gasteiger partial charge in [-0.2, -0.15) is 0 Å². The number of thioether (sulfide) groups is 1. The van der Waals surface area contributed by atoms with Gasteiger partial charge in [-0.15, -0.1) is 10.2 Å². The number of aromatic nitrogens is 3. The van der Waals surface area contributed by atoms with Crippen molar-refractivity contribution in [3.05, 3.63) is 18.2 Å². The summed E-state index contributed by atoms with van der Waals surface area (Å²) >= 11 is 1.47. The van der Waals surface area contributed by atoms with E-state index >= 15 is 0 Å². The highest BCUT2D eigenvalue weighted by molar-refractivity contribution is 7.99. The highest BCUT2D eigenvalue weighted by atomic mass is 32.2. The Bertz CT molecular complexity index is 985. The van der Waals surface area contributed by atoms with E-state index in [0.717, 1.165) is 52.3 Å². The van der Waals surface area contributed by atoms with Crippen molar-refractivity contribution in [1.29, 1.82) is 0 Å². The molecule has 1 aromatic carbocycles. The first kappa shape index (κ1) is 19.5. The summed E-state index contributed by atoms with van der Waals surface area (Å²) in [5.41, 5.74) is 0.992. The Labute approximate surface area is 186 Å². The van der Waals surface area contributed by atoms with E-state index in [0.29, 0.717) is 5.75 Å². The number of hydrogen-bond donors (Lipinski definition) is 1. The number of hydrogen-bond acceptors (Lipinski definition) is 6. The number of fused-ring (bicyclic) bond motifs is 1. The van der Waals surface area contributed by atoms with Gasteiger partial charge in [-0.05, 0) is 81.4 Å². The molecule has 7 nitrogen and oxygen atoms in total. The molecule has 1 aromatic heterocycles. The van der Waals surface area contributed by atoms with Crippen LogP contribution in [0.25, 0.3) is 11.4 Å². The third-order valence-electron chi connectivity index (χ3n) is 7.44. The second-order valence-corrected chi connectivity index (χ2v) is 10.6. The minimum absolute atomic E-state index is 0.0580. The molecular weight excluding hydrogens is 412 g/mol. The van der Waals surface area contributed by atoms with Gasteiger partial charge in [0.15, 0.2) is 22.5 Å². The molecule has 1 N–H and O–H groups in total. The van der Waals surface area contributed by atoms with Crippen LogP contribution in [0.3, 0.4) is 0 Å². The Morgan fingerprint density at radius 1 is 1.13 bits per heavy atom. The number of benzene rings is 1. The van der Waals surface area contributed by atoms with Crippen molar-refractivity contribution in [2.45, 2.75) is 62.7 Å². The van der Waals surface area contributed by atoms with Crippen LogP contribution in [-0.2, 0) is 11.3 Å². The van der Waals surface area contributed by atoms with Crippen LogP contribution < -0.4 is 14.8 Å². The fraction of sp³-hybridized carbons (Fsp3) is 0.609. The van der Waals surface area contributed by atoms with E-state index in [1.165, 1.54) is 50.3 Å². The van der Waals surface area contributed by atoms with Crippen LogP contribution in [0, 0.1) is 17.8 Å². The summed E-state index contributed by atoms with van der Waals surface area (Å²) in [7, 11) is 0. The first-order valence-electron chi connectivity index (χ1n) is 11.4. The summed E-state index contributed by atoms with van der Waals surface area (Å²) in [6, 6.07) is 5.81. The van der Waals surface area contributed by atoms with Crippen molar-refractivity contribution in [3.8, 4) is 22.9 Å². The molecule has 2 heterocycles. The summed E-state index contributed by atoms with van der Waals surface area (Å²) in [4.78, 5) is 12.9. The van der Waals surface area contributed by atoms with Crippen LogP contribution >= 0.6 is 11.8 Å². The van der Waals surface area contributed by atoms with Gasteiger partial charge in [-0.3, -0.25) is 4.79 Å². The Hall–Kier alpha value is -2.22. The summed E-state index contributed by atoms with van der Waals surface area (Å²) in [6.45, 7) is 3.05. The van der Waals surface area contributed by atoms with Crippen LogP contribution in [0.5, 0.6) is 11.5 Å². The highest BCUT2D eigenvalue weighted by Crippen LogP contribution is 2.55. The van der Waals surface area contributed by atoms with Crippen molar-refractivity contribution in [1.82, 2.24) is 20.1 Å². The molecule has 0 spiro atoms. The van der Waals surface area contributed by atoms with Gasteiger partial charge in [0.1, 0.15) is 0 Å². The average Bonchev–Trinajstić information content (AvgIpc) is 3.36.